The van der Waals surface area contributed by atoms with Gasteiger partial charge in [0, 0.05) is 17.6 Å². The summed E-state index contributed by atoms with van der Waals surface area (Å²) in [6.45, 7) is 2.25. The fraction of sp³-hybridized carbons (Fsp3) is 0.538. The maximum Gasteiger partial charge on any atom is 0.246 e. The Morgan fingerprint density at radius 2 is 2.05 bits per heavy atom. The molecule has 114 valence electrons. The van der Waals surface area contributed by atoms with Crippen molar-refractivity contribution in [1.82, 2.24) is 4.31 Å². The van der Waals surface area contributed by atoms with E-state index in [0.29, 0.717) is 16.8 Å². The number of aliphatic hydroxyl groups is 1. The molecule has 0 saturated carbocycles. The summed E-state index contributed by atoms with van der Waals surface area (Å²) in [5.41, 5.74) is 0. The lowest BCUT2D eigenvalue weighted by Gasteiger charge is -2.22. The van der Waals surface area contributed by atoms with Crippen LogP contribution in [0.15, 0.2) is 27.6 Å². The van der Waals surface area contributed by atoms with Crippen molar-refractivity contribution >= 4 is 26.0 Å². The Morgan fingerprint density at radius 3 is 2.60 bits per heavy atom. The number of aliphatic hydroxyl groups excluding tert-OH is 1. The molecule has 5 nitrogen and oxygen atoms in total. The van der Waals surface area contributed by atoms with E-state index in [2.05, 4.69) is 15.9 Å². The van der Waals surface area contributed by atoms with Crippen molar-refractivity contribution < 1.29 is 18.3 Å². The molecule has 0 aliphatic heterocycles. The molecule has 0 bridgehead atoms. The standard InChI is InChI=1S/C13H20BrNO4S/c1-3-4-7-15(8-9-16)20(17,18)13-10-11(14)5-6-12(13)19-2/h5-6,10,16H,3-4,7-9H2,1-2H3. The van der Waals surface area contributed by atoms with Crippen molar-refractivity contribution in [2.24, 2.45) is 0 Å². The molecule has 0 unspecified atom stereocenters. The minimum atomic E-state index is -3.68. The number of hydrogen-bond donors (Lipinski definition) is 1. The van der Waals surface area contributed by atoms with Crippen molar-refractivity contribution in [1.29, 1.82) is 0 Å². The summed E-state index contributed by atoms with van der Waals surface area (Å²) in [7, 11) is -2.25. The van der Waals surface area contributed by atoms with E-state index in [1.807, 2.05) is 6.92 Å². The van der Waals surface area contributed by atoms with Gasteiger partial charge in [-0.05, 0) is 24.6 Å². The summed E-state index contributed by atoms with van der Waals surface area (Å²) < 4.78 is 32.4. The van der Waals surface area contributed by atoms with Crippen LogP contribution < -0.4 is 4.74 Å². The lowest BCUT2D eigenvalue weighted by atomic mass is 10.3. The quantitative estimate of drug-likeness (QED) is 0.766. The SMILES string of the molecule is CCCCN(CCO)S(=O)(=O)c1cc(Br)ccc1OC. The molecule has 7 heteroatoms. The highest BCUT2D eigenvalue weighted by atomic mass is 79.9. The molecule has 0 radical (unpaired) electrons. The summed E-state index contributed by atoms with van der Waals surface area (Å²) in [4.78, 5) is 0.110. The zero-order valence-electron chi connectivity index (χ0n) is 11.7. The fourth-order valence-electron chi connectivity index (χ4n) is 1.79. The largest absolute Gasteiger partial charge is 0.495 e. The summed E-state index contributed by atoms with van der Waals surface area (Å²) >= 11 is 3.27. The number of halogens is 1. The number of sulfonamides is 1. The van der Waals surface area contributed by atoms with E-state index in [-0.39, 0.29) is 18.0 Å². The zero-order valence-corrected chi connectivity index (χ0v) is 14.1. The van der Waals surface area contributed by atoms with Crippen LogP contribution in [-0.2, 0) is 10.0 Å². The second-order valence-electron chi connectivity index (χ2n) is 4.28. The number of ether oxygens (including phenoxy) is 1. The molecule has 0 aromatic heterocycles. The van der Waals surface area contributed by atoms with Crippen LogP contribution in [0, 0.1) is 0 Å². The van der Waals surface area contributed by atoms with Crippen LogP contribution in [0.1, 0.15) is 19.8 Å². The number of methoxy groups -OCH3 is 1. The number of unbranched alkanes of at least 4 members (excludes halogenated alkanes) is 1. The van der Waals surface area contributed by atoms with Gasteiger partial charge in [-0.1, -0.05) is 29.3 Å². The van der Waals surface area contributed by atoms with Crippen LogP contribution in [-0.4, -0.2) is 44.6 Å². The lowest BCUT2D eigenvalue weighted by Crippen LogP contribution is -2.34. The van der Waals surface area contributed by atoms with Crippen molar-refractivity contribution in [2.45, 2.75) is 24.7 Å². The predicted molar refractivity (Wildman–Crippen MR) is 81.4 cm³/mol. The highest BCUT2D eigenvalue weighted by Gasteiger charge is 2.27. The van der Waals surface area contributed by atoms with Crippen molar-refractivity contribution in [2.75, 3.05) is 26.8 Å². The Morgan fingerprint density at radius 1 is 1.35 bits per heavy atom. The Bertz CT molecular complexity index is 533. The van der Waals surface area contributed by atoms with E-state index in [1.54, 1.807) is 12.1 Å². The Hall–Kier alpha value is -0.630. The first-order valence-electron chi connectivity index (χ1n) is 6.42. The van der Waals surface area contributed by atoms with E-state index in [9.17, 15) is 8.42 Å². The number of hydrogen-bond acceptors (Lipinski definition) is 4. The van der Waals surface area contributed by atoms with Crippen LogP contribution in [0.4, 0.5) is 0 Å². The van der Waals surface area contributed by atoms with Gasteiger partial charge in [0.15, 0.2) is 0 Å². The van der Waals surface area contributed by atoms with E-state index >= 15 is 0 Å². The second kappa shape index (κ2) is 7.97. The van der Waals surface area contributed by atoms with Crippen LogP contribution in [0.5, 0.6) is 5.75 Å². The van der Waals surface area contributed by atoms with E-state index in [4.69, 9.17) is 9.84 Å². The predicted octanol–water partition coefficient (Wildman–Crippen LogP) is 2.24. The van der Waals surface area contributed by atoms with Gasteiger partial charge in [0.1, 0.15) is 10.6 Å². The van der Waals surface area contributed by atoms with Gasteiger partial charge in [0.05, 0.1) is 13.7 Å². The summed E-state index contributed by atoms with van der Waals surface area (Å²) in [5, 5.41) is 9.08. The first-order valence-corrected chi connectivity index (χ1v) is 8.65. The van der Waals surface area contributed by atoms with Gasteiger partial charge in [-0.3, -0.25) is 0 Å². The van der Waals surface area contributed by atoms with Crippen molar-refractivity contribution in [3.05, 3.63) is 22.7 Å². The van der Waals surface area contributed by atoms with E-state index < -0.39 is 10.0 Å². The highest BCUT2D eigenvalue weighted by Crippen LogP contribution is 2.29. The molecule has 0 saturated heterocycles. The molecular formula is C13H20BrNO4S. The third-order valence-corrected chi connectivity index (χ3v) is 5.27. The molecule has 0 spiro atoms. The van der Waals surface area contributed by atoms with Gasteiger partial charge in [-0.2, -0.15) is 4.31 Å². The summed E-state index contributed by atoms with van der Waals surface area (Å²) in [6, 6.07) is 4.85. The highest BCUT2D eigenvalue weighted by molar-refractivity contribution is 9.10. The van der Waals surface area contributed by atoms with E-state index in [1.165, 1.54) is 17.5 Å². The molecule has 0 fully saturated rings. The Kier molecular flexibility index (Phi) is 6.94. The Balaban J connectivity index is 3.21. The first-order chi connectivity index (χ1) is 9.47. The normalized spacial score (nSPS) is 11.8. The maximum absolute atomic E-state index is 12.7. The molecular weight excluding hydrogens is 346 g/mol. The minimum Gasteiger partial charge on any atom is -0.495 e. The fourth-order valence-corrected chi connectivity index (χ4v) is 3.95. The number of benzene rings is 1. The third kappa shape index (κ3) is 4.18. The lowest BCUT2D eigenvalue weighted by molar-refractivity contribution is 0.252. The van der Waals surface area contributed by atoms with Gasteiger partial charge in [-0.25, -0.2) is 8.42 Å². The van der Waals surface area contributed by atoms with Crippen LogP contribution in [0.25, 0.3) is 0 Å². The molecule has 1 aromatic carbocycles. The molecule has 20 heavy (non-hydrogen) atoms. The molecule has 0 aliphatic carbocycles. The van der Waals surface area contributed by atoms with Gasteiger partial charge in [0.25, 0.3) is 0 Å². The smallest absolute Gasteiger partial charge is 0.246 e. The zero-order chi connectivity index (χ0) is 15.2. The maximum atomic E-state index is 12.7. The molecule has 0 amide bonds. The average Bonchev–Trinajstić information content (AvgIpc) is 2.43. The van der Waals surface area contributed by atoms with Crippen LogP contribution >= 0.6 is 15.9 Å². The average molecular weight is 366 g/mol. The molecule has 0 atom stereocenters. The second-order valence-corrected chi connectivity index (χ2v) is 7.10. The third-order valence-electron chi connectivity index (χ3n) is 2.85. The van der Waals surface area contributed by atoms with Crippen LogP contribution in [0.3, 0.4) is 0 Å². The van der Waals surface area contributed by atoms with Gasteiger partial charge >= 0.3 is 0 Å². The Labute approximate surface area is 128 Å². The molecule has 0 aliphatic rings. The summed E-state index contributed by atoms with van der Waals surface area (Å²) in [6.07, 6.45) is 1.63. The first kappa shape index (κ1) is 17.4. The van der Waals surface area contributed by atoms with Gasteiger partial charge < -0.3 is 9.84 Å². The molecule has 1 aromatic rings. The van der Waals surface area contributed by atoms with Crippen LogP contribution in [0.2, 0.25) is 0 Å². The van der Waals surface area contributed by atoms with Crippen molar-refractivity contribution in [3.63, 3.8) is 0 Å². The number of rotatable bonds is 8. The van der Waals surface area contributed by atoms with E-state index in [0.717, 1.165) is 12.8 Å². The molecule has 1 rings (SSSR count). The minimum absolute atomic E-state index is 0.0814. The van der Waals surface area contributed by atoms with Gasteiger partial charge in [0.2, 0.25) is 10.0 Å². The number of nitrogens with zero attached hydrogens (tertiary/aromatic N) is 1. The summed E-state index contributed by atoms with van der Waals surface area (Å²) in [5.74, 6) is 0.299. The molecule has 0 heterocycles. The monoisotopic (exact) mass is 365 g/mol. The van der Waals surface area contributed by atoms with Crippen molar-refractivity contribution in [3.8, 4) is 5.75 Å². The van der Waals surface area contributed by atoms with Gasteiger partial charge in [-0.15, -0.1) is 0 Å². The topological polar surface area (TPSA) is 66.8 Å². The molecule has 1 N–H and O–H groups in total.